The summed E-state index contributed by atoms with van der Waals surface area (Å²) in [6.45, 7) is 2.20. The van der Waals surface area contributed by atoms with Gasteiger partial charge < -0.3 is 5.32 Å². The van der Waals surface area contributed by atoms with Crippen molar-refractivity contribution in [3.8, 4) is 0 Å². The number of hydrogen-bond acceptors (Lipinski definition) is 1. The topological polar surface area (TPSA) is 29.1 Å². The number of rotatable bonds is 7. The highest BCUT2D eigenvalue weighted by Crippen LogP contribution is 2.13. The van der Waals surface area contributed by atoms with Crippen LogP contribution in [0.1, 0.15) is 38.2 Å². The van der Waals surface area contributed by atoms with Gasteiger partial charge in [0.15, 0.2) is 0 Å². The van der Waals surface area contributed by atoms with Gasteiger partial charge in [0, 0.05) is 18.0 Å². The van der Waals surface area contributed by atoms with Crippen molar-refractivity contribution in [2.75, 3.05) is 11.2 Å². The first-order valence-corrected chi connectivity index (χ1v) is 6.74. The number of halogens is 1. The number of carbonyl (C=O) groups excluding carboxylic acids is 1. The molecule has 0 heterocycles. The minimum absolute atomic E-state index is 0.0225. The van der Waals surface area contributed by atoms with Crippen molar-refractivity contribution in [2.45, 2.75) is 39.0 Å². The predicted octanol–water partition coefficient (Wildman–Crippen LogP) is 3.99. The highest BCUT2D eigenvalue weighted by atomic mass is 35.5. The molecule has 0 saturated carbocycles. The Balaban J connectivity index is 2.50. The van der Waals surface area contributed by atoms with Crippen molar-refractivity contribution in [2.24, 2.45) is 0 Å². The van der Waals surface area contributed by atoms with Crippen LogP contribution in [0.5, 0.6) is 0 Å². The number of unbranched alkanes of at least 4 members (excludes halogenated alkanes) is 2. The van der Waals surface area contributed by atoms with Gasteiger partial charge in [-0.05, 0) is 30.5 Å². The predicted molar refractivity (Wildman–Crippen MR) is 73.6 cm³/mol. The summed E-state index contributed by atoms with van der Waals surface area (Å²) in [6.07, 6.45) is 5.12. The van der Waals surface area contributed by atoms with E-state index in [1.54, 1.807) is 0 Å². The van der Waals surface area contributed by atoms with Gasteiger partial charge in [0.25, 0.3) is 0 Å². The molecule has 1 aromatic carbocycles. The first-order chi connectivity index (χ1) is 8.26. The van der Waals surface area contributed by atoms with Crippen LogP contribution in [0, 0.1) is 0 Å². The van der Waals surface area contributed by atoms with Crippen LogP contribution in [0.15, 0.2) is 24.3 Å². The Kier molecular flexibility index (Phi) is 6.71. The number of anilines is 1. The summed E-state index contributed by atoms with van der Waals surface area (Å²) in [4.78, 5) is 11.4. The van der Waals surface area contributed by atoms with E-state index in [2.05, 4.69) is 18.3 Å². The lowest BCUT2D eigenvalue weighted by Crippen LogP contribution is -2.11. The maximum absolute atomic E-state index is 11.4. The molecule has 0 saturated heterocycles. The second kappa shape index (κ2) is 8.13. The van der Waals surface area contributed by atoms with Crippen molar-refractivity contribution >= 4 is 23.2 Å². The summed E-state index contributed by atoms with van der Waals surface area (Å²) in [6, 6.07) is 8.04. The smallest absolute Gasteiger partial charge is 0.225 e. The van der Waals surface area contributed by atoms with Gasteiger partial charge in [-0.1, -0.05) is 31.9 Å². The van der Waals surface area contributed by atoms with Crippen LogP contribution >= 0.6 is 11.6 Å². The molecule has 2 nitrogen and oxygen atoms in total. The molecule has 94 valence electrons. The molecular weight excluding hydrogens is 234 g/mol. The second-order valence-electron chi connectivity index (χ2n) is 4.14. The van der Waals surface area contributed by atoms with Crippen LogP contribution in [-0.4, -0.2) is 11.8 Å². The number of carbonyl (C=O) groups is 1. The van der Waals surface area contributed by atoms with E-state index < -0.39 is 0 Å². The van der Waals surface area contributed by atoms with Gasteiger partial charge in [-0.2, -0.15) is 0 Å². The number of hydrogen-bond donors (Lipinski definition) is 1. The van der Waals surface area contributed by atoms with Gasteiger partial charge in [0.05, 0.1) is 0 Å². The molecule has 0 radical (unpaired) electrons. The molecule has 0 aliphatic heterocycles. The lowest BCUT2D eigenvalue weighted by atomic mass is 10.1. The number of amides is 1. The molecule has 0 aliphatic rings. The fourth-order valence-electron chi connectivity index (χ4n) is 1.69. The number of aryl methyl sites for hydroxylation is 1. The van der Waals surface area contributed by atoms with E-state index in [0.29, 0.717) is 12.3 Å². The van der Waals surface area contributed by atoms with Crippen LogP contribution in [-0.2, 0) is 11.2 Å². The van der Waals surface area contributed by atoms with Gasteiger partial charge in [-0.15, -0.1) is 11.6 Å². The molecule has 3 heteroatoms. The highest BCUT2D eigenvalue weighted by molar-refractivity contribution is 6.19. The molecule has 0 bridgehead atoms. The molecular formula is C14H20ClNO. The fourth-order valence-corrected chi connectivity index (χ4v) is 1.86. The summed E-state index contributed by atoms with van der Waals surface area (Å²) in [5.74, 6) is 0.341. The summed E-state index contributed by atoms with van der Waals surface area (Å²) >= 11 is 5.52. The third-order valence-corrected chi connectivity index (χ3v) is 2.79. The molecule has 17 heavy (non-hydrogen) atoms. The minimum Gasteiger partial charge on any atom is -0.326 e. The number of benzene rings is 1. The zero-order chi connectivity index (χ0) is 12.5. The van der Waals surface area contributed by atoms with E-state index >= 15 is 0 Å². The molecule has 1 aromatic rings. The molecule has 0 atom stereocenters. The largest absolute Gasteiger partial charge is 0.326 e. The van der Waals surface area contributed by atoms with E-state index in [1.807, 2.05) is 18.2 Å². The number of nitrogens with one attached hydrogen (secondary N) is 1. The van der Waals surface area contributed by atoms with E-state index in [9.17, 15) is 4.79 Å². The average molecular weight is 254 g/mol. The molecule has 0 fully saturated rings. The van der Waals surface area contributed by atoms with Gasteiger partial charge in [-0.3, -0.25) is 4.79 Å². The van der Waals surface area contributed by atoms with Gasteiger partial charge >= 0.3 is 0 Å². The van der Waals surface area contributed by atoms with E-state index in [-0.39, 0.29) is 5.91 Å². The maximum Gasteiger partial charge on any atom is 0.225 e. The molecule has 1 N–H and O–H groups in total. The zero-order valence-electron chi connectivity index (χ0n) is 10.3. The SMILES string of the molecule is CCCCCc1cccc(NC(=O)CCCl)c1. The quantitative estimate of drug-likeness (QED) is 0.578. The Morgan fingerprint density at radius 1 is 1.35 bits per heavy atom. The van der Waals surface area contributed by atoms with Gasteiger partial charge in [0.1, 0.15) is 0 Å². The summed E-state index contributed by atoms with van der Waals surface area (Å²) in [7, 11) is 0. The van der Waals surface area contributed by atoms with Crippen molar-refractivity contribution in [1.29, 1.82) is 0 Å². The maximum atomic E-state index is 11.4. The molecule has 0 aromatic heterocycles. The van der Waals surface area contributed by atoms with E-state index in [1.165, 1.54) is 24.8 Å². The van der Waals surface area contributed by atoms with Crippen LogP contribution in [0.4, 0.5) is 5.69 Å². The molecule has 0 unspecified atom stereocenters. The molecule has 0 spiro atoms. The van der Waals surface area contributed by atoms with Crippen LogP contribution < -0.4 is 5.32 Å². The summed E-state index contributed by atoms with van der Waals surface area (Å²) in [5, 5.41) is 2.85. The summed E-state index contributed by atoms with van der Waals surface area (Å²) in [5.41, 5.74) is 2.15. The Morgan fingerprint density at radius 3 is 2.88 bits per heavy atom. The van der Waals surface area contributed by atoms with E-state index in [0.717, 1.165) is 12.1 Å². The third-order valence-electron chi connectivity index (χ3n) is 2.60. The number of alkyl halides is 1. The Hall–Kier alpha value is -1.02. The van der Waals surface area contributed by atoms with Crippen LogP contribution in [0.2, 0.25) is 0 Å². The monoisotopic (exact) mass is 253 g/mol. The average Bonchev–Trinajstić information content (AvgIpc) is 2.30. The highest BCUT2D eigenvalue weighted by Gasteiger charge is 2.01. The molecule has 1 rings (SSSR count). The standard InChI is InChI=1S/C14H20ClNO/c1-2-3-4-6-12-7-5-8-13(11-12)16-14(17)9-10-15/h5,7-8,11H,2-4,6,9-10H2,1H3,(H,16,17). The molecule has 0 aliphatic carbocycles. The lowest BCUT2D eigenvalue weighted by Gasteiger charge is -2.06. The van der Waals surface area contributed by atoms with Crippen molar-refractivity contribution in [3.63, 3.8) is 0 Å². The Morgan fingerprint density at radius 2 is 2.18 bits per heavy atom. The van der Waals surface area contributed by atoms with Gasteiger partial charge in [0.2, 0.25) is 5.91 Å². The van der Waals surface area contributed by atoms with Crippen molar-refractivity contribution in [1.82, 2.24) is 0 Å². The first-order valence-electron chi connectivity index (χ1n) is 6.21. The first kappa shape index (κ1) is 14.0. The summed E-state index contributed by atoms with van der Waals surface area (Å²) < 4.78 is 0. The Labute approximate surface area is 108 Å². The van der Waals surface area contributed by atoms with Gasteiger partial charge in [-0.25, -0.2) is 0 Å². The van der Waals surface area contributed by atoms with E-state index in [4.69, 9.17) is 11.6 Å². The zero-order valence-corrected chi connectivity index (χ0v) is 11.1. The van der Waals surface area contributed by atoms with Crippen LogP contribution in [0.3, 0.4) is 0 Å². The normalized spacial score (nSPS) is 10.2. The van der Waals surface area contributed by atoms with Crippen LogP contribution in [0.25, 0.3) is 0 Å². The minimum atomic E-state index is -0.0225. The second-order valence-corrected chi connectivity index (χ2v) is 4.52. The van der Waals surface area contributed by atoms with Crippen molar-refractivity contribution in [3.05, 3.63) is 29.8 Å². The van der Waals surface area contributed by atoms with Crippen molar-refractivity contribution < 1.29 is 4.79 Å². The molecule has 1 amide bonds. The Bertz CT molecular complexity index is 352. The lowest BCUT2D eigenvalue weighted by molar-refractivity contribution is -0.115. The third kappa shape index (κ3) is 5.73. The fraction of sp³-hybridized carbons (Fsp3) is 0.500.